The topological polar surface area (TPSA) is 61.4 Å². The number of rotatable bonds is 5. The molecule has 2 N–H and O–H groups in total. The van der Waals surface area contributed by atoms with Crippen molar-refractivity contribution in [1.29, 1.82) is 0 Å². The molecule has 5 nitrogen and oxygen atoms in total. The third kappa shape index (κ3) is 9.81. The first-order valence-electron chi connectivity index (χ1n) is 6.05. The molecule has 0 saturated carbocycles. The van der Waals surface area contributed by atoms with Crippen LogP contribution < -0.4 is 10.6 Å². The van der Waals surface area contributed by atoms with Gasteiger partial charge in [-0.25, -0.2) is 4.79 Å². The highest BCUT2D eigenvalue weighted by Gasteiger charge is 2.16. The summed E-state index contributed by atoms with van der Waals surface area (Å²) >= 11 is 0. The average molecular weight is 243 g/mol. The van der Waals surface area contributed by atoms with Crippen molar-refractivity contribution >= 4 is 11.9 Å². The van der Waals surface area contributed by atoms with Crippen molar-refractivity contribution < 1.29 is 9.59 Å². The van der Waals surface area contributed by atoms with E-state index in [4.69, 9.17) is 0 Å². The summed E-state index contributed by atoms with van der Waals surface area (Å²) in [5.41, 5.74) is -0.335. The zero-order valence-electron chi connectivity index (χ0n) is 11.6. The molecule has 0 unspecified atom stereocenters. The summed E-state index contributed by atoms with van der Waals surface area (Å²) in [6.07, 6.45) is 2.15. The maximum atomic E-state index is 11.5. The highest BCUT2D eigenvalue weighted by molar-refractivity contribution is 5.95. The Morgan fingerprint density at radius 1 is 1.24 bits per heavy atom. The Bertz CT molecular complexity index is 259. The van der Waals surface area contributed by atoms with Crippen molar-refractivity contribution in [3.05, 3.63) is 0 Å². The molecule has 0 fully saturated rings. The molecule has 0 aromatic carbocycles. The third-order valence-electron chi connectivity index (χ3n) is 2.05. The smallest absolute Gasteiger partial charge is 0.321 e. The minimum Gasteiger partial charge on any atom is -0.333 e. The van der Waals surface area contributed by atoms with Gasteiger partial charge in [-0.1, -0.05) is 13.3 Å². The van der Waals surface area contributed by atoms with Gasteiger partial charge in [0.1, 0.15) is 0 Å². The minimum absolute atomic E-state index is 0.248. The van der Waals surface area contributed by atoms with Gasteiger partial charge in [-0.2, -0.15) is 0 Å². The molecular formula is C12H25N3O2. The van der Waals surface area contributed by atoms with E-state index in [1.54, 1.807) is 0 Å². The van der Waals surface area contributed by atoms with Gasteiger partial charge < -0.3 is 5.32 Å². The van der Waals surface area contributed by atoms with Gasteiger partial charge in [-0.05, 0) is 40.8 Å². The van der Waals surface area contributed by atoms with Gasteiger partial charge in [0, 0.05) is 5.54 Å². The van der Waals surface area contributed by atoms with E-state index in [1.807, 2.05) is 32.7 Å². The van der Waals surface area contributed by atoms with Gasteiger partial charge in [-0.3, -0.25) is 15.0 Å². The summed E-state index contributed by atoms with van der Waals surface area (Å²) in [7, 11) is 1.87. The zero-order chi connectivity index (χ0) is 13.5. The Balaban J connectivity index is 3.89. The zero-order valence-corrected chi connectivity index (χ0v) is 11.6. The normalized spacial score (nSPS) is 11.4. The number of hydrogen-bond donors (Lipinski definition) is 2. The highest BCUT2D eigenvalue weighted by atomic mass is 16.2. The predicted molar refractivity (Wildman–Crippen MR) is 68.8 cm³/mol. The number of nitrogens with zero attached hydrogens (tertiary/aromatic N) is 1. The SMILES string of the molecule is CCCCN(C)CC(=O)NC(=O)NC(C)(C)C. The first kappa shape index (κ1) is 15.9. The summed E-state index contributed by atoms with van der Waals surface area (Å²) in [6.45, 7) is 8.81. The van der Waals surface area contributed by atoms with E-state index in [9.17, 15) is 9.59 Å². The van der Waals surface area contributed by atoms with Crippen LogP contribution in [0.1, 0.15) is 40.5 Å². The standard InChI is InChI=1S/C12H25N3O2/c1-6-7-8-15(5)9-10(16)13-11(17)14-12(2,3)4/h6-9H2,1-5H3,(H2,13,14,16,17). The van der Waals surface area contributed by atoms with Crippen molar-refractivity contribution in [3.8, 4) is 0 Å². The van der Waals surface area contributed by atoms with Gasteiger partial charge in [0.05, 0.1) is 6.54 Å². The van der Waals surface area contributed by atoms with E-state index in [1.165, 1.54) is 0 Å². The van der Waals surface area contributed by atoms with Crippen LogP contribution in [-0.2, 0) is 4.79 Å². The summed E-state index contributed by atoms with van der Waals surface area (Å²) in [5, 5.41) is 4.99. The number of nitrogens with one attached hydrogen (secondary N) is 2. The Morgan fingerprint density at radius 2 is 1.82 bits per heavy atom. The monoisotopic (exact) mass is 243 g/mol. The van der Waals surface area contributed by atoms with Gasteiger partial charge >= 0.3 is 6.03 Å². The second-order valence-corrected chi connectivity index (χ2v) is 5.34. The Morgan fingerprint density at radius 3 is 2.29 bits per heavy atom. The molecule has 0 saturated heterocycles. The van der Waals surface area contributed by atoms with Crippen LogP contribution in [0.4, 0.5) is 4.79 Å². The molecule has 0 spiro atoms. The van der Waals surface area contributed by atoms with Crippen LogP contribution in [0.3, 0.4) is 0 Å². The lowest BCUT2D eigenvalue weighted by Crippen LogP contribution is -2.50. The van der Waals surface area contributed by atoms with Crippen molar-refractivity contribution in [2.45, 2.75) is 46.1 Å². The summed E-state index contributed by atoms with van der Waals surface area (Å²) in [5.74, 6) is -0.273. The Kier molecular flexibility index (Phi) is 6.80. The fraction of sp³-hybridized carbons (Fsp3) is 0.833. The number of hydrogen-bond acceptors (Lipinski definition) is 3. The van der Waals surface area contributed by atoms with Crippen molar-refractivity contribution in [2.75, 3.05) is 20.1 Å². The van der Waals surface area contributed by atoms with Crippen molar-refractivity contribution in [3.63, 3.8) is 0 Å². The lowest BCUT2D eigenvalue weighted by atomic mass is 10.1. The van der Waals surface area contributed by atoms with Crippen LogP contribution in [0.15, 0.2) is 0 Å². The van der Waals surface area contributed by atoms with E-state index in [-0.39, 0.29) is 18.0 Å². The molecule has 5 heteroatoms. The van der Waals surface area contributed by atoms with Gasteiger partial charge in [0.25, 0.3) is 0 Å². The fourth-order valence-electron chi connectivity index (χ4n) is 1.29. The first-order chi connectivity index (χ1) is 7.74. The molecule has 0 atom stereocenters. The van der Waals surface area contributed by atoms with Crippen LogP contribution in [-0.4, -0.2) is 42.5 Å². The molecule has 0 rings (SSSR count). The van der Waals surface area contributed by atoms with E-state index < -0.39 is 6.03 Å². The minimum atomic E-state index is -0.439. The molecule has 3 amide bonds. The van der Waals surface area contributed by atoms with Crippen LogP contribution in [0, 0.1) is 0 Å². The molecular weight excluding hydrogens is 218 g/mol. The maximum absolute atomic E-state index is 11.5. The molecule has 17 heavy (non-hydrogen) atoms. The molecule has 0 aliphatic heterocycles. The number of unbranched alkanes of at least 4 members (excludes halogenated alkanes) is 1. The van der Waals surface area contributed by atoms with E-state index in [0.717, 1.165) is 19.4 Å². The van der Waals surface area contributed by atoms with Crippen LogP contribution in [0.2, 0.25) is 0 Å². The average Bonchev–Trinajstić information content (AvgIpc) is 2.10. The summed E-state index contributed by atoms with van der Waals surface area (Å²) < 4.78 is 0. The molecule has 0 radical (unpaired) electrons. The highest BCUT2D eigenvalue weighted by Crippen LogP contribution is 1.97. The van der Waals surface area contributed by atoms with Gasteiger partial charge in [-0.15, -0.1) is 0 Å². The van der Waals surface area contributed by atoms with Crippen molar-refractivity contribution in [1.82, 2.24) is 15.5 Å². The maximum Gasteiger partial charge on any atom is 0.321 e. The number of carbonyl (C=O) groups is 2. The third-order valence-corrected chi connectivity index (χ3v) is 2.05. The van der Waals surface area contributed by atoms with E-state index >= 15 is 0 Å². The summed E-state index contributed by atoms with van der Waals surface area (Å²) in [4.78, 5) is 24.8. The largest absolute Gasteiger partial charge is 0.333 e. The molecule has 0 aromatic rings. The Labute approximate surface area is 104 Å². The molecule has 0 aliphatic rings. The molecule has 0 heterocycles. The predicted octanol–water partition coefficient (Wildman–Crippen LogP) is 1.34. The summed E-state index contributed by atoms with van der Waals surface area (Å²) in [6, 6.07) is -0.439. The first-order valence-corrected chi connectivity index (χ1v) is 6.05. The molecule has 0 bridgehead atoms. The van der Waals surface area contributed by atoms with Crippen molar-refractivity contribution in [2.24, 2.45) is 0 Å². The quantitative estimate of drug-likeness (QED) is 0.766. The van der Waals surface area contributed by atoms with Gasteiger partial charge in [0.2, 0.25) is 5.91 Å². The second kappa shape index (κ2) is 7.27. The second-order valence-electron chi connectivity index (χ2n) is 5.34. The van der Waals surface area contributed by atoms with E-state index in [2.05, 4.69) is 17.6 Å². The number of imide groups is 1. The Hall–Kier alpha value is -1.10. The lowest BCUT2D eigenvalue weighted by Gasteiger charge is -2.21. The number of urea groups is 1. The number of likely N-dealkylation sites (N-methyl/N-ethyl adjacent to an activating group) is 1. The lowest BCUT2D eigenvalue weighted by molar-refractivity contribution is -0.120. The van der Waals surface area contributed by atoms with Crippen LogP contribution in [0.5, 0.6) is 0 Å². The molecule has 100 valence electrons. The fourth-order valence-corrected chi connectivity index (χ4v) is 1.29. The van der Waals surface area contributed by atoms with Crippen LogP contribution >= 0.6 is 0 Å². The van der Waals surface area contributed by atoms with Gasteiger partial charge in [0.15, 0.2) is 0 Å². The number of carbonyl (C=O) groups excluding carboxylic acids is 2. The molecule has 0 aromatic heterocycles. The molecule has 0 aliphatic carbocycles. The number of amides is 3. The van der Waals surface area contributed by atoms with E-state index in [0.29, 0.717) is 0 Å². The van der Waals surface area contributed by atoms with Crippen LogP contribution in [0.25, 0.3) is 0 Å².